The van der Waals surface area contributed by atoms with E-state index in [1.54, 1.807) is 0 Å². The fraction of sp³-hybridized carbons (Fsp3) is 0.636. The van der Waals surface area contributed by atoms with Gasteiger partial charge < -0.3 is 9.88 Å². The summed E-state index contributed by atoms with van der Waals surface area (Å²) in [6.45, 7) is 4.22. The maximum atomic E-state index is 5.13. The van der Waals surface area contributed by atoms with Crippen LogP contribution in [0.5, 0.6) is 0 Å². The molecule has 1 fully saturated rings. The second-order valence-corrected chi connectivity index (χ2v) is 4.55. The minimum absolute atomic E-state index is 0.686. The predicted octanol–water partition coefficient (Wildman–Crippen LogP) is 2.83. The predicted molar refractivity (Wildman–Crippen MR) is 64.8 cm³/mol. The first-order chi connectivity index (χ1) is 7.25. The van der Waals surface area contributed by atoms with E-state index < -0.39 is 0 Å². The quantitative estimate of drug-likeness (QED) is 0.743. The molecule has 1 aliphatic heterocycles. The summed E-state index contributed by atoms with van der Waals surface area (Å²) >= 11 is 5.13. The van der Waals surface area contributed by atoms with Crippen LogP contribution in [-0.2, 0) is 0 Å². The molecule has 0 bridgehead atoms. The molecule has 1 saturated heterocycles. The molecule has 0 radical (unpaired) electrons. The van der Waals surface area contributed by atoms with Crippen molar-refractivity contribution in [3.05, 3.63) is 16.4 Å². The van der Waals surface area contributed by atoms with Gasteiger partial charge in [-0.25, -0.2) is 4.98 Å². The summed E-state index contributed by atoms with van der Waals surface area (Å²) in [5, 5.41) is 0. The Morgan fingerprint density at radius 3 is 2.53 bits per heavy atom. The highest BCUT2D eigenvalue weighted by Gasteiger charge is 2.11. The van der Waals surface area contributed by atoms with Crippen molar-refractivity contribution in [3.8, 4) is 0 Å². The first-order valence-corrected chi connectivity index (χ1v) is 5.99. The molecule has 1 aromatic heterocycles. The van der Waals surface area contributed by atoms with Crippen molar-refractivity contribution in [2.24, 2.45) is 0 Å². The Hall–Kier alpha value is -0.900. The van der Waals surface area contributed by atoms with Crippen LogP contribution in [-0.4, -0.2) is 23.1 Å². The average molecular weight is 223 g/mol. The monoisotopic (exact) mass is 223 g/mol. The number of hydrogen-bond acceptors (Lipinski definition) is 3. The van der Waals surface area contributed by atoms with Gasteiger partial charge in [0.05, 0.1) is 0 Å². The lowest BCUT2D eigenvalue weighted by Gasteiger charge is -2.20. The summed E-state index contributed by atoms with van der Waals surface area (Å²) in [7, 11) is 0. The maximum absolute atomic E-state index is 5.13. The molecule has 0 atom stereocenters. The van der Waals surface area contributed by atoms with Crippen LogP contribution in [0.3, 0.4) is 0 Å². The second kappa shape index (κ2) is 4.75. The van der Waals surface area contributed by atoms with Gasteiger partial charge in [-0.15, -0.1) is 0 Å². The zero-order valence-electron chi connectivity index (χ0n) is 9.12. The number of hydrogen-bond donors (Lipinski definition) is 1. The van der Waals surface area contributed by atoms with Crippen molar-refractivity contribution in [2.45, 2.75) is 32.6 Å². The third-order valence-corrected chi connectivity index (χ3v) is 2.98. The summed E-state index contributed by atoms with van der Waals surface area (Å²) in [5.74, 6) is 0.946. The highest BCUT2D eigenvalue weighted by molar-refractivity contribution is 7.71. The molecule has 0 amide bonds. The number of aromatic amines is 1. The topological polar surface area (TPSA) is 31.9 Å². The minimum Gasteiger partial charge on any atom is -0.342 e. The molecule has 0 aliphatic carbocycles. The Bertz CT molecular complexity index is 378. The van der Waals surface area contributed by atoms with Crippen molar-refractivity contribution in [2.75, 3.05) is 18.0 Å². The van der Waals surface area contributed by atoms with Gasteiger partial charge >= 0.3 is 0 Å². The van der Waals surface area contributed by atoms with Crippen molar-refractivity contribution in [1.29, 1.82) is 0 Å². The molecule has 4 heteroatoms. The second-order valence-electron chi connectivity index (χ2n) is 4.13. The van der Waals surface area contributed by atoms with Crippen LogP contribution in [0.25, 0.3) is 0 Å². The standard InChI is InChI=1S/C11H17N3S/c1-9-8-10(15)13-11(12-9)14-6-4-2-3-5-7-14/h8H,2-7H2,1H3,(H,12,13,15). The van der Waals surface area contributed by atoms with Gasteiger partial charge in [0.2, 0.25) is 5.95 Å². The summed E-state index contributed by atoms with van der Waals surface area (Å²) in [6, 6.07) is 1.90. The van der Waals surface area contributed by atoms with Crippen molar-refractivity contribution in [1.82, 2.24) is 9.97 Å². The molecule has 0 saturated carbocycles. The first kappa shape index (κ1) is 10.6. The van der Waals surface area contributed by atoms with Crippen molar-refractivity contribution in [3.63, 3.8) is 0 Å². The van der Waals surface area contributed by atoms with Gasteiger partial charge in [-0.05, 0) is 25.8 Å². The number of rotatable bonds is 1. The fourth-order valence-electron chi connectivity index (χ4n) is 1.99. The Morgan fingerprint density at radius 2 is 1.93 bits per heavy atom. The van der Waals surface area contributed by atoms with Gasteiger partial charge in [-0.1, -0.05) is 25.1 Å². The normalized spacial score (nSPS) is 17.5. The SMILES string of the molecule is Cc1cc(=S)nc(N2CCCCCC2)[nH]1. The lowest BCUT2D eigenvalue weighted by molar-refractivity contribution is 0.726. The number of anilines is 1. The Kier molecular flexibility index (Phi) is 3.36. The van der Waals surface area contributed by atoms with E-state index >= 15 is 0 Å². The molecule has 2 rings (SSSR count). The van der Waals surface area contributed by atoms with Gasteiger partial charge in [0, 0.05) is 18.8 Å². The largest absolute Gasteiger partial charge is 0.342 e. The van der Waals surface area contributed by atoms with Crippen LogP contribution in [0.15, 0.2) is 6.07 Å². The molecule has 3 nitrogen and oxygen atoms in total. The third kappa shape index (κ3) is 2.78. The molecular formula is C11H17N3S. The molecule has 82 valence electrons. The van der Waals surface area contributed by atoms with E-state index in [1.165, 1.54) is 25.7 Å². The van der Waals surface area contributed by atoms with Crippen molar-refractivity contribution >= 4 is 18.2 Å². The van der Waals surface area contributed by atoms with E-state index in [9.17, 15) is 0 Å². The summed E-state index contributed by atoms with van der Waals surface area (Å²) < 4.78 is 0.686. The first-order valence-electron chi connectivity index (χ1n) is 5.58. The minimum atomic E-state index is 0.686. The van der Waals surface area contributed by atoms with Gasteiger partial charge in [0.1, 0.15) is 4.64 Å². The summed E-state index contributed by atoms with van der Waals surface area (Å²) in [4.78, 5) is 9.99. The van der Waals surface area contributed by atoms with Gasteiger partial charge in [-0.2, -0.15) is 0 Å². The number of nitrogens with one attached hydrogen (secondary N) is 1. The van der Waals surface area contributed by atoms with Crippen LogP contribution < -0.4 is 4.90 Å². The van der Waals surface area contributed by atoms with Gasteiger partial charge in [-0.3, -0.25) is 0 Å². The van der Waals surface area contributed by atoms with Crippen LogP contribution >= 0.6 is 12.2 Å². The average Bonchev–Trinajstić information content (AvgIpc) is 2.43. The Balaban J connectivity index is 2.23. The maximum Gasteiger partial charge on any atom is 0.204 e. The van der Waals surface area contributed by atoms with Crippen LogP contribution in [0, 0.1) is 11.6 Å². The lowest BCUT2D eigenvalue weighted by atomic mass is 10.2. The van der Waals surface area contributed by atoms with E-state index in [4.69, 9.17) is 12.2 Å². The molecule has 1 aromatic rings. The zero-order chi connectivity index (χ0) is 10.7. The van der Waals surface area contributed by atoms with E-state index in [0.717, 1.165) is 24.7 Å². The molecule has 0 spiro atoms. The molecule has 15 heavy (non-hydrogen) atoms. The molecule has 0 aromatic carbocycles. The molecular weight excluding hydrogens is 206 g/mol. The number of H-pyrrole nitrogens is 1. The van der Waals surface area contributed by atoms with E-state index in [1.807, 2.05) is 13.0 Å². The number of aromatic nitrogens is 2. The van der Waals surface area contributed by atoms with Crippen molar-refractivity contribution < 1.29 is 0 Å². The summed E-state index contributed by atoms with van der Waals surface area (Å²) in [5.41, 5.74) is 1.09. The van der Waals surface area contributed by atoms with Crippen LogP contribution in [0.1, 0.15) is 31.4 Å². The molecule has 1 aliphatic rings. The zero-order valence-corrected chi connectivity index (χ0v) is 9.94. The van der Waals surface area contributed by atoms with E-state index in [0.29, 0.717) is 4.64 Å². The number of nitrogens with zero attached hydrogens (tertiary/aromatic N) is 2. The van der Waals surface area contributed by atoms with E-state index in [2.05, 4.69) is 14.9 Å². The Morgan fingerprint density at radius 1 is 1.27 bits per heavy atom. The summed E-state index contributed by atoms with van der Waals surface area (Å²) in [6.07, 6.45) is 5.19. The van der Waals surface area contributed by atoms with E-state index in [-0.39, 0.29) is 0 Å². The highest BCUT2D eigenvalue weighted by Crippen LogP contribution is 2.15. The Labute approximate surface area is 95.5 Å². The van der Waals surface area contributed by atoms with Gasteiger partial charge in [0.25, 0.3) is 0 Å². The molecule has 1 N–H and O–H groups in total. The molecule has 2 heterocycles. The highest BCUT2D eigenvalue weighted by atomic mass is 32.1. The van der Waals surface area contributed by atoms with Crippen LogP contribution in [0.4, 0.5) is 5.95 Å². The smallest absolute Gasteiger partial charge is 0.204 e. The fourth-order valence-corrected chi connectivity index (χ4v) is 2.26. The lowest BCUT2D eigenvalue weighted by Crippen LogP contribution is -2.26. The van der Waals surface area contributed by atoms with Crippen LogP contribution in [0.2, 0.25) is 0 Å². The third-order valence-electron chi connectivity index (χ3n) is 2.77. The van der Waals surface area contributed by atoms with Gasteiger partial charge in [0.15, 0.2) is 0 Å². The molecule has 0 unspecified atom stereocenters. The number of aryl methyl sites for hydroxylation is 1.